The van der Waals surface area contributed by atoms with Crippen LogP contribution in [0.5, 0.6) is 5.75 Å². The maximum absolute atomic E-state index is 11.8. The van der Waals surface area contributed by atoms with E-state index < -0.39 is 11.8 Å². The summed E-state index contributed by atoms with van der Waals surface area (Å²) in [5, 5.41) is 2.28. The molecule has 2 rings (SSSR count). The van der Waals surface area contributed by atoms with Crippen molar-refractivity contribution in [1.29, 1.82) is 0 Å². The normalized spacial score (nSPS) is 10.2. The number of nitrogen functional groups attached to an aromatic ring is 1. The lowest BCUT2D eigenvalue weighted by Gasteiger charge is -2.09. The molecule has 110 valence electrons. The number of nitrogens with one attached hydrogen (secondary N) is 1. The number of anilines is 1. The number of ether oxygens (including phenoxy) is 1. The van der Waals surface area contributed by atoms with Crippen LogP contribution >= 0.6 is 0 Å². The Balaban J connectivity index is 1.90. The van der Waals surface area contributed by atoms with Gasteiger partial charge in [-0.1, -0.05) is 0 Å². The number of rotatable bonds is 4. The number of hydrogen-bond acceptors (Lipinski definition) is 4. The van der Waals surface area contributed by atoms with Crippen molar-refractivity contribution in [3.63, 3.8) is 0 Å². The fourth-order valence-electron chi connectivity index (χ4n) is 1.90. The summed E-state index contributed by atoms with van der Waals surface area (Å²) < 4.78 is 7.01. The Morgan fingerprint density at radius 2 is 2.10 bits per heavy atom. The molecule has 0 aliphatic heterocycles. The van der Waals surface area contributed by atoms with Gasteiger partial charge >= 0.3 is 0 Å². The highest BCUT2D eigenvalue weighted by Crippen LogP contribution is 2.19. The zero-order chi connectivity index (χ0) is 15.4. The van der Waals surface area contributed by atoms with Gasteiger partial charge < -0.3 is 15.0 Å². The highest BCUT2D eigenvalue weighted by molar-refractivity contribution is 6.04. The minimum Gasteiger partial charge on any atom is -0.483 e. The molecule has 0 fully saturated rings. The van der Waals surface area contributed by atoms with Crippen molar-refractivity contribution in [2.24, 2.45) is 7.05 Å². The van der Waals surface area contributed by atoms with Crippen molar-refractivity contribution in [2.75, 3.05) is 12.3 Å². The zero-order valence-corrected chi connectivity index (χ0v) is 11.9. The molecule has 1 aromatic heterocycles. The third kappa shape index (κ3) is 3.62. The van der Waals surface area contributed by atoms with Crippen molar-refractivity contribution in [3.8, 4) is 5.75 Å². The molecule has 1 heterocycles. The van der Waals surface area contributed by atoms with E-state index in [1.165, 1.54) is 0 Å². The van der Waals surface area contributed by atoms with Crippen LogP contribution in [0.15, 0.2) is 36.5 Å². The Hall–Kier alpha value is -2.76. The molecule has 0 saturated carbocycles. The van der Waals surface area contributed by atoms with Crippen LogP contribution in [0.2, 0.25) is 0 Å². The summed E-state index contributed by atoms with van der Waals surface area (Å²) in [6, 6.07) is 8.50. The summed E-state index contributed by atoms with van der Waals surface area (Å²) in [5.74, 6) is -0.395. The molecule has 6 nitrogen and oxygen atoms in total. The van der Waals surface area contributed by atoms with Gasteiger partial charge in [0.2, 0.25) is 0 Å². The molecule has 6 heteroatoms. The van der Waals surface area contributed by atoms with Gasteiger partial charge in [-0.15, -0.1) is 0 Å². The number of carbonyl (C=O) groups is 2. The van der Waals surface area contributed by atoms with E-state index >= 15 is 0 Å². The smallest absolute Gasteiger partial charge is 0.274 e. The van der Waals surface area contributed by atoms with E-state index in [9.17, 15) is 9.59 Å². The van der Waals surface area contributed by atoms with Gasteiger partial charge in [-0.25, -0.2) is 0 Å². The summed E-state index contributed by atoms with van der Waals surface area (Å²) in [4.78, 5) is 23.6. The number of imide groups is 1. The predicted molar refractivity (Wildman–Crippen MR) is 79.0 cm³/mol. The van der Waals surface area contributed by atoms with Gasteiger partial charge in [0.15, 0.2) is 6.61 Å². The molecule has 0 bridgehead atoms. The second kappa shape index (κ2) is 6.13. The van der Waals surface area contributed by atoms with Crippen molar-refractivity contribution in [2.45, 2.75) is 6.92 Å². The van der Waals surface area contributed by atoms with E-state index in [4.69, 9.17) is 10.5 Å². The van der Waals surface area contributed by atoms with E-state index in [0.29, 0.717) is 17.1 Å². The van der Waals surface area contributed by atoms with E-state index in [1.807, 2.05) is 6.92 Å². The first-order valence-electron chi connectivity index (χ1n) is 6.42. The van der Waals surface area contributed by atoms with E-state index in [1.54, 1.807) is 48.1 Å². The predicted octanol–water partition coefficient (Wildman–Crippen LogP) is 1.25. The molecular weight excluding hydrogens is 270 g/mol. The van der Waals surface area contributed by atoms with Crippen molar-refractivity contribution >= 4 is 17.5 Å². The average molecular weight is 287 g/mol. The highest BCUT2D eigenvalue weighted by Gasteiger charge is 2.13. The first-order valence-corrected chi connectivity index (χ1v) is 6.42. The number of hydrogen-bond donors (Lipinski definition) is 2. The van der Waals surface area contributed by atoms with Gasteiger partial charge in [0.1, 0.15) is 11.4 Å². The summed E-state index contributed by atoms with van der Waals surface area (Å²) in [7, 11) is 1.73. The van der Waals surface area contributed by atoms with E-state index in [2.05, 4.69) is 5.32 Å². The number of benzene rings is 1. The second-order valence-electron chi connectivity index (χ2n) is 4.70. The van der Waals surface area contributed by atoms with Gasteiger partial charge in [0.25, 0.3) is 11.8 Å². The van der Waals surface area contributed by atoms with Gasteiger partial charge in [-0.3, -0.25) is 14.9 Å². The summed E-state index contributed by atoms with van der Waals surface area (Å²) in [5.41, 5.74) is 7.50. The van der Waals surface area contributed by atoms with Gasteiger partial charge in [0, 0.05) is 18.9 Å². The number of nitrogens with zero attached hydrogens (tertiary/aromatic N) is 1. The summed E-state index contributed by atoms with van der Waals surface area (Å²) in [6.45, 7) is 1.60. The summed E-state index contributed by atoms with van der Waals surface area (Å²) >= 11 is 0. The number of carbonyl (C=O) groups excluding carboxylic acids is 2. The van der Waals surface area contributed by atoms with Crippen LogP contribution in [0, 0.1) is 6.92 Å². The Kier molecular flexibility index (Phi) is 4.27. The van der Waals surface area contributed by atoms with Crippen LogP contribution in [0.25, 0.3) is 0 Å². The van der Waals surface area contributed by atoms with Crippen molar-refractivity contribution in [3.05, 3.63) is 47.8 Å². The minimum absolute atomic E-state index is 0.235. The van der Waals surface area contributed by atoms with Gasteiger partial charge in [-0.2, -0.15) is 0 Å². The Morgan fingerprint density at radius 1 is 1.33 bits per heavy atom. The third-order valence-electron chi connectivity index (χ3n) is 2.99. The Labute approximate surface area is 122 Å². The third-order valence-corrected chi connectivity index (χ3v) is 2.99. The number of aryl methyl sites for hydroxylation is 2. The minimum atomic E-state index is -0.502. The van der Waals surface area contributed by atoms with Crippen LogP contribution in [-0.2, 0) is 11.8 Å². The quantitative estimate of drug-likeness (QED) is 0.829. The molecule has 3 N–H and O–H groups in total. The maximum Gasteiger partial charge on any atom is 0.274 e. The monoisotopic (exact) mass is 287 g/mol. The van der Waals surface area contributed by atoms with Crippen molar-refractivity contribution < 1.29 is 14.3 Å². The van der Waals surface area contributed by atoms with Crippen LogP contribution in [0.4, 0.5) is 5.69 Å². The molecule has 2 aromatic rings. The van der Waals surface area contributed by atoms with E-state index in [0.717, 1.165) is 5.56 Å². The van der Waals surface area contributed by atoms with Crippen LogP contribution < -0.4 is 15.8 Å². The average Bonchev–Trinajstić information content (AvgIpc) is 2.84. The summed E-state index contributed by atoms with van der Waals surface area (Å²) in [6.07, 6.45) is 1.73. The molecule has 0 saturated heterocycles. The first-order chi connectivity index (χ1) is 9.97. The van der Waals surface area contributed by atoms with Crippen molar-refractivity contribution in [1.82, 2.24) is 9.88 Å². The fourth-order valence-corrected chi connectivity index (χ4v) is 1.90. The maximum atomic E-state index is 11.8. The van der Waals surface area contributed by atoms with Gasteiger partial charge in [0.05, 0.1) is 0 Å². The van der Waals surface area contributed by atoms with E-state index in [-0.39, 0.29) is 6.61 Å². The zero-order valence-electron chi connectivity index (χ0n) is 11.9. The van der Waals surface area contributed by atoms with Crippen LogP contribution in [-0.4, -0.2) is 23.0 Å². The number of nitrogens with two attached hydrogens (primary N) is 1. The SMILES string of the molecule is Cc1cc(N)ccc1OCC(=O)NC(=O)c1cccn1C. The first kappa shape index (κ1) is 14.6. The Bertz CT molecular complexity index is 677. The largest absolute Gasteiger partial charge is 0.483 e. The molecule has 0 spiro atoms. The standard InChI is InChI=1S/C15H17N3O3/c1-10-8-11(16)5-6-13(10)21-9-14(19)17-15(20)12-4-3-7-18(12)2/h3-8H,9,16H2,1-2H3,(H,17,19,20). The Morgan fingerprint density at radius 3 is 2.71 bits per heavy atom. The highest BCUT2D eigenvalue weighted by atomic mass is 16.5. The molecule has 0 aliphatic rings. The topological polar surface area (TPSA) is 86.3 Å². The molecule has 0 radical (unpaired) electrons. The van der Waals surface area contributed by atoms with Crippen LogP contribution in [0.3, 0.4) is 0 Å². The number of amides is 2. The molecule has 0 aliphatic carbocycles. The molecule has 21 heavy (non-hydrogen) atoms. The molecular formula is C15H17N3O3. The van der Waals surface area contributed by atoms with Crippen LogP contribution in [0.1, 0.15) is 16.1 Å². The lowest BCUT2D eigenvalue weighted by Crippen LogP contribution is -2.35. The molecule has 0 unspecified atom stereocenters. The fraction of sp³-hybridized carbons (Fsp3) is 0.200. The second-order valence-corrected chi connectivity index (χ2v) is 4.70. The molecule has 1 aromatic carbocycles. The van der Waals surface area contributed by atoms with Gasteiger partial charge in [-0.05, 0) is 42.8 Å². The lowest BCUT2D eigenvalue weighted by atomic mass is 10.2. The molecule has 2 amide bonds. The number of aromatic nitrogens is 1. The lowest BCUT2D eigenvalue weighted by molar-refractivity contribution is -0.122. The molecule has 0 atom stereocenters.